The van der Waals surface area contributed by atoms with Crippen LogP contribution in [0.5, 0.6) is 0 Å². The molecule has 2 aromatic carbocycles. The standard InChI is InChI=1S/C21H20N2OS/c1-16(2)17-7-5-8-19(12-17)22-13-18-6-3-4-9-21(18)23(15-24)20-10-11-25-14-20/h3-16H,1-2H3. The lowest BCUT2D eigenvalue weighted by atomic mass is 10.0. The summed E-state index contributed by atoms with van der Waals surface area (Å²) in [6, 6.07) is 17.9. The number of carbonyl (C=O) groups is 1. The molecule has 0 atom stereocenters. The third-order valence-electron chi connectivity index (χ3n) is 3.98. The molecule has 3 aromatic rings. The van der Waals surface area contributed by atoms with Crippen LogP contribution >= 0.6 is 11.3 Å². The lowest BCUT2D eigenvalue weighted by Gasteiger charge is -2.18. The molecule has 0 aliphatic heterocycles. The predicted molar refractivity (Wildman–Crippen MR) is 107 cm³/mol. The summed E-state index contributed by atoms with van der Waals surface area (Å²) in [5, 5.41) is 3.91. The summed E-state index contributed by atoms with van der Waals surface area (Å²) >= 11 is 1.56. The molecule has 126 valence electrons. The molecule has 0 N–H and O–H groups in total. The first-order chi connectivity index (χ1) is 12.2. The summed E-state index contributed by atoms with van der Waals surface area (Å²) in [5.41, 5.74) is 4.75. The second-order valence-corrected chi connectivity index (χ2v) is 6.80. The maximum absolute atomic E-state index is 11.6. The van der Waals surface area contributed by atoms with E-state index >= 15 is 0 Å². The fraction of sp³-hybridized carbons (Fsp3) is 0.143. The van der Waals surface area contributed by atoms with E-state index in [9.17, 15) is 4.79 Å². The molecular weight excluding hydrogens is 328 g/mol. The Morgan fingerprint density at radius 1 is 1.08 bits per heavy atom. The van der Waals surface area contributed by atoms with Crippen LogP contribution in [0.2, 0.25) is 0 Å². The van der Waals surface area contributed by atoms with Gasteiger partial charge < -0.3 is 0 Å². The first-order valence-electron chi connectivity index (χ1n) is 8.19. The molecule has 0 spiro atoms. The van der Waals surface area contributed by atoms with Crippen LogP contribution in [0.25, 0.3) is 0 Å². The van der Waals surface area contributed by atoms with Gasteiger partial charge in [-0.3, -0.25) is 14.7 Å². The van der Waals surface area contributed by atoms with Crippen LogP contribution < -0.4 is 4.90 Å². The molecule has 3 rings (SSSR count). The van der Waals surface area contributed by atoms with E-state index in [1.807, 2.05) is 59.4 Å². The van der Waals surface area contributed by atoms with E-state index in [2.05, 4.69) is 31.0 Å². The summed E-state index contributed by atoms with van der Waals surface area (Å²) in [5.74, 6) is 0.464. The fourth-order valence-corrected chi connectivity index (χ4v) is 3.20. The molecule has 25 heavy (non-hydrogen) atoms. The molecular formula is C21H20N2OS. The molecule has 1 heterocycles. The molecule has 0 radical (unpaired) electrons. The van der Waals surface area contributed by atoms with Gasteiger partial charge in [-0.2, -0.15) is 11.3 Å². The second-order valence-electron chi connectivity index (χ2n) is 6.02. The Balaban J connectivity index is 1.93. The number of hydrogen-bond acceptors (Lipinski definition) is 3. The van der Waals surface area contributed by atoms with Gasteiger partial charge in [-0.25, -0.2) is 0 Å². The van der Waals surface area contributed by atoms with Crippen LogP contribution in [0.3, 0.4) is 0 Å². The largest absolute Gasteiger partial charge is 0.282 e. The summed E-state index contributed by atoms with van der Waals surface area (Å²) < 4.78 is 0. The van der Waals surface area contributed by atoms with Gasteiger partial charge in [0.25, 0.3) is 0 Å². The normalized spacial score (nSPS) is 11.2. The molecule has 0 unspecified atom stereocenters. The van der Waals surface area contributed by atoms with Gasteiger partial charge in [-0.05, 0) is 41.1 Å². The van der Waals surface area contributed by atoms with Gasteiger partial charge in [-0.15, -0.1) is 0 Å². The van der Waals surface area contributed by atoms with Gasteiger partial charge in [-0.1, -0.05) is 44.2 Å². The van der Waals surface area contributed by atoms with Gasteiger partial charge in [0.1, 0.15) is 0 Å². The average molecular weight is 348 g/mol. The summed E-state index contributed by atoms with van der Waals surface area (Å²) in [6.45, 7) is 4.34. The minimum atomic E-state index is 0.464. The van der Waals surface area contributed by atoms with Crippen LogP contribution in [0.15, 0.2) is 70.3 Å². The van der Waals surface area contributed by atoms with Crippen molar-refractivity contribution in [3.05, 3.63) is 76.5 Å². The molecule has 0 saturated heterocycles. The van der Waals surface area contributed by atoms with Crippen molar-refractivity contribution in [3.8, 4) is 0 Å². The predicted octanol–water partition coefficient (Wildman–Crippen LogP) is 5.92. The third-order valence-corrected chi connectivity index (χ3v) is 4.65. The lowest BCUT2D eigenvalue weighted by Crippen LogP contribution is -2.15. The molecule has 1 amide bonds. The lowest BCUT2D eigenvalue weighted by molar-refractivity contribution is -0.106. The average Bonchev–Trinajstić information content (AvgIpc) is 3.16. The van der Waals surface area contributed by atoms with E-state index in [0.717, 1.165) is 29.0 Å². The summed E-state index contributed by atoms with van der Waals surface area (Å²) in [4.78, 5) is 17.9. The van der Waals surface area contributed by atoms with Crippen molar-refractivity contribution < 1.29 is 4.79 Å². The van der Waals surface area contributed by atoms with Gasteiger partial charge in [0.2, 0.25) is 6.41 Å². The van der Waals surface area contributed by atoms with Crippen molar-refractivity contribution in [1.82, 2.24) is 0 Å². The van der Waals surface area contributed by atoms with Crippen LogP contribution in [0.1, 0.15) is 30.9 Å². The molecule has 4 heteroatoms. The molecule has 0 aliphatic rings. The van der Waals surface area contributed by atoms with Crippen LogP contribution in [0, 0.1) is 0 Å². The zero-order valence-electron chi connectivity index (χ0n) is 14.3. The van der Waals surface area contributed by atoms with E-state index in [-0.39, 0.29) is 0 Å². The summed E-state index contributed by atoms with van der Waals surface area (Å²) in [6.07, 6.45) is 2.66. The van der Waals surface area contributed by atoms with Gasteiger partial charge >= 0.3 is 0 Å². The van der Waals surface area contributed by atoms with Crippen molar-refractivity contribution in [2.24, 2.45) is 4.99 Å². The number of anilines is 2. The SMILES string of the molecule is CC(C)c1cccc(N=Cc2ccccc2N(C=O)c2ccsc2)c1. The van der Waals surface area contributed by atoms with Crippen molar-refractivity contribution in [2.45, 2.75) is 19.8 Å². The third kappa shape index (κ3) is 4.03. The van der Waals surface area contributed by atoms with Crippen molar-refractivity contribution >= 4 is 41.0 Å². The van der Waals surface area contributed by atoms with Gasteiger partial charge in [0.05, 0.1) is 17.1 Å². The number of thiophene rings is 1. The van der Waals surface area contributed by atoms with Gasteiger partial charge in [0.15, 0.2) is 0 Å². The zero-order chi connectivity index (χ0) is 17.6. The zero-order valence-corrected chi connectivity index (χ0v) is 15.1. The topological polar surface area (TPSA) is 32.7 Å². The van der Waals surface area contributed by atoms with E-state index in [4.69, 9.17) is 0 Å². The summed E-state index contributed by atoms with van der Waals surface area (Å²) in [7, 11) is 0. The number of aliphatic imine (C=N–C) groups is 1. The first kappa shape index (κ1) is 17.1. The Kier molecular flexibility index (Phi) is 5.41. The number of nitrogens with zero attached hydrogens (tertiary/aromatic N) is 2. The highest BCUT2D eigenvalue weighted by Gasteiger charge is 2.11. The molecule has 0 saturated carbocycles. The molecule has 3 nitrogen and oxygen atoms in total. The number of benzene rings is 2. The quantitative estimate of drug-likeness (QED) is 0.402. The first-order valence-corrected chi connectivity index (χ1v) is 9.13. The Bertz CT molecular complexity index is 869. The maximum Gasteiger partial charge on any atom is 0.218 e. The minimum Gasteiger partial charge on any atom is -0.282 e. The van der Waals surface area contributed by atoms with Crippen LogP contribution in [-0.2, 0) is 4.79 Å². The van der Waals surface area contributed by atoms with Crippen molar-refractivity contribution in [2.75, 3.05) is 4.90 Å². The number of rotatable bonds is 6. The van der Waals surface area contributed by atoms with E-state index in [0.29, 0.717) is 5.92 Å². The Morgan fingerprint density at radius 2 is 1.92 bits per heavy atom. The highest BCUT2D eigenvalue weighted by atomic mass is 32.1. The Hall–Kier alpha value is -2.72. The monoisotopic (exact) mass is 348 g/mol. The van der Waals surface area contributed by atoms with Crippen molar-refractivity contribution in [1.29, 1.82) is 0 Å². The second kappa shape index (κ2) is 7.90. The van der Waals surface area contributed by atoms with Crippen molar-refractivity contribution in [3.63, 3.8) is 0 Å². The van der Waals surface area contributed by atoms with Crippen LogP contribution in [-0.4, -0.2) is 12.6 Å². The minimum absolute atomic E-state index is 0.464. The Labute approximate surface area is 152 Å². The van der Waals surface area contributed by atoms with Crippen LogP contribution in [0.4, 0.5) is 17.1 Å². The Morgan fingerprint density at radius 3 is 2.64 bits per heavy atom. The van der Waals surface area contributed by atoms with E-state index in [1.165, 1.54) is 5.56 Å². The number of amides is 1. The highest BCUT2D eigenvalue weighted by molar-refractivity contribution is 7.08. The molecule has 1 aromatic heterocycles. The van der Waals surface area contributed by atoms with E-state index < -0.39 is 0 Å². The molecule has 0 fully saturated rings. The highest BCUT2D eigenvalue weighted by Crippen LogP contribution is 2.28. The maximum atomic E-state index is 11.6. The van der Waals surface area contributed by atoms with E-state index in [1.54, 1.807) is 16.2 Å². The fourth-order valence-electron chi connectivity index (χ4n) is 2.58. The number of carbonyl (C=O) groups excluding carboxylic acids is 1. The molecule has 0 bridgehead atoms. The smallest absolute Gasteiger partial charge is 0.218 e. The number of hydrogen-bond donors (Lipinski definition) is 0. The molecule has 0 aliphatic carbocycles. The number of para-hydroxylation sites is 1. The van der Waals surface area contributed by atoms with Gasteiger partial charge in [0, 0.05) is 17.2 Å².